The van der Waals surface area contributed by atoms with Crippen molar-refractivity contribution in [3.05, 3.63) is 35.9 Å². The van der Waals surface area contributed by atoms with Gasteiger partial charge >= 0.3 is 11.9 Å². The highest BCUT2D eigenvalue weighted by Crippen LogP contribution is 2.43. The molecule has 2 atom stereocenters. The summed E-state index contributed by atoms with van der Waals surface area (Å²) in [6.45, 7) is 2.73. The minimum absolute atomic E-state index is 0.0133. The second kappa shape index (κ2) is 14.7. The zero-order valence-corrected chi connectivity index (χ0v) is 20.1. The third-order valence-electron chi connectivity index (χ3n) is 6.07. The number of benzene rings is 1. The molecule has 1 saturated carbocycles. The van der Waals surface area contributed by atoms with Crippen LogP contribution < -0.4 is 5.32 Å². The van der Waals surface area contributed by atoms with Gasteiger partial charge in [0.1, 0.15) is 0 Å². The minimum atomic E-state index is -0.993. The van der Waals surface area contributed by atoms with Crippen LogP contribution in [0.3, 0.4) is 0 Å². The van der Waals surface area contributed by atoms with Crippen LogP contribution in [0.4, 0.5) is 0 Å². The maximum atomic E-state index is 13.3. The summed E-state index contributed by atoms with van der Waals surface area (Å²) in [4.78, 5) is 37.5. The Hall–Kier alpha value is -2.49. The van der Waals surface area contributed by atoms with E-state index in [9.17, 15) is 19.5 Å². The van der Waals surface area contributed by atoms with Crippen LogP contribution in [0, 0.1) is 11.3 Å². The molecule has 1 fully saturated rings. The van der Waals surface area contributed by atoms with Gasteiger partial charge < -0.3 is 29.4 Å². The molecule has 0 unspecified atom stereocenters. The van der Waals surface area contributed by atoms with Crippen molar-refractivity contribution < 1.29 is 38.4 Å². The lowest BCUT2D eigenvalue weighted by Gasteiger charge is -2.31. The number of esters is 1. The van der Waals surface area contributed by atoms with Crippen LogP contribution in [0.2, 0.25) is 0 Å². The molecule has 1 aliphatic rings. The normalized spacial score (nSPS) is 16.5. The third kappa shape index (κ3) is 8.70. The summed E-state index contributed by atoms with van der Waals surface area (Å²) in [5, 5.41) is 12.5. The van der Waals surface area contributed by atoms with E-state index in [4.69, 9.17) is 18.9 Å². The molecule has 34 heavy (non-hydrogen) atoms. The lowest BCUT2D eigenvalue weighted by atomic mass is 9.77. The zero-order valence-electron chi connectivity index (χ0n) is 20.1. The molecule has 190 valence electrons. The number of methoxy groups -OCH3 is 1. The van der Waals surface area contributed by atoms with Gasteiger partial charge in [0.2, 0.25) is 5.91 Å². The van der Waals surface area contributed by atoms with E-state index in [-0.39, 0.29) is 38.7 Å². The van der Waals surface area contributed by atoms with E-state index in [1.165, 1.54) is 0 Å². The van der Waals surface area contributed by atoms with Crippen molar-refractivity contribution in [1.29, 1.82) is 0 Å². The van der Waals surface area contributed by atoms with E-state index in [1.807, 2.05) is 30.3 Å². The Balaban J connectivity index is 2.01. The third-order valence-corrected chi connectivity index (χ3v) is 6.07. The smallest absolute Gasteiger partial charge is 0.337 e. The SMILES string of the molecule is CCOC(=O)[C@H](CNC(=O)C1(C[C@H](COCCOC)C(=O)O)CCCC1)OCc1ccccc1. The van der Waals surface area contributed by atoms with Gasteiger partial charge in [0.05, 0.1) is 50.9 Å². The van der Waals surface area contributed by atoms with Gasteiger partial charge in [-0.05, 0) is 31.7 Å². The standard InChI is InChI=1S/C25H37NO8/c1-3-33-23(29)21(34-17-19-9-5-4-6-10-19)16-26-24(30)25(11-7-8-12-25)15-20(22(27)28)18-32-14-13-31-2/h4-6,9-10,20-21H,3,7-8,11-18H2,1-2H3,(H,26,30)(H,27,28)/t20-,21+/m1/s1. The molecule has 0 aromatic heterocycles. The molecule has 0 aliphatic heterocycles. The lowest BCUT2D eigenvalue weighted by molar-refractivity contribution is -0.157. The van der Waals surface area contributed by atoms with Gasteiger partial charge in [0.25, 0.3) is 0 Å². The van der Waals surface area contributed by atoms with E-state index in [0.717, 1.165) is 18.4 Å². The molecule has 0 saturated heterocycles. The Morgan fingerprint density at radius 2 is 1.82 bits per heavy atom. The summed E-state index contributed by atoms with van der Waals surface area (Å²) in [5.41, 5.74) is 0.0833. The van der Waals surface area contributed by atoms with Crippen LogP contribution in [0.1, 0.15) is 44.6 Å². The number of ether oxygens (including phenoxy) is 4. The Morgan fingerprint density at radius 1 is 1.12 bits per heavy atom. The van der Waals surface area contributed by atoms with Crippen LogP contribution in [0.25, 0.3) is 0 Å². The van der Waals surface area contributed by atoms with Crippen molar-refractivity contribution >= 4 is 17.8 Å². The Bertz CT molecular complexity index is 763. The highest BCUT2D eigenvalue weighted by Gasteiger charge is 2.44. The van der Waals surface area contributed by atoms with Crippen molar-refractivity contribution in [1.82, 2.24) is 5.32 Å². The maximum Gasteiger partial charge on any atom is 0.337 e. The van der Waals surface area contributed by atoms with Crippen LogP contribution >= 0.6 is 0 Å². The maximum absolute atomic E-state index is 13.3. The van der Waals surface area contributed by atoms with Gasteiger partial charge in [-0.3, -0.25) is 9.59 Å². The molecule has 2 N–H and O–H groups in total. The van der Waals surface area contributed by atoms with Crippen molar-refractivity contribution in [2.24, 2.45) is 11.3 Å². The average Bonchev–Trinajstić information content (AvgIpc) is 3.31. The predicted octanol–water partition coefficient (Wildman–Crippen LogP) is 2.57. The second-order valence-electron chi connectivity index (χ2n) is 8.54. The summed E-state index contributed by atoms with van der Waals surface area (Å²) >= 11 is 0. The summed E-state index contributed by atoms with van der Waals surface area (Å²) in [5.74, 6) is -2.61. The van der Waals surface area contributed by atoms with Crippen molar-refractivity contribution in [2.75, 3.05) is 40.1 Å². The van der Waals surface area contributed by atoms with Gasteiger partial charge in [-0.2, -0.15) is 0 Å². The number of hydrogen-bond acceptors (Lipinski definition) is 7. The molecule has 1 aliphatic carbocycles. The topological polar surface area (TPSA) is 120 Å². The highest BCUT2D eigenvalue weighted by molar-refractivity contribution is 5.85. The van der Waals surface area contributed by atoms with E-state index in [2.05, 4.69) is 5.32 Å². The molecular formula is C25H37NO8. The number of carboxylic acid groups (broad SMARTS) is 1. The summed E-state index contributed by atoms with van der Waals surface area (Å²) in [7, 11) is 1.54. The molecule has 9 heteroatoms. The molecule has 2 rings (SSSR count). The minimum Gasteiger partial charge on any atom is -0.481 e. The van der Waals surface area contributed by atoms with E-state index in [1.54, 1.807) is 14.0 Å². The highest BCUT2D eigenvalue weighted by atomic mass is 16.6. The molecule has 0 spiro atoms. The monoisotopic (exact) mass is 479 g/mol. The summed E-state index contributed by atoms with van der Waals surface area (Å²) in [6.07, 6.45) is 2.09. The first-order valence-electron chi connectivity index (χ1n) is 11.8. The molecule has 0 bridgehead atoms. The quantitative estimate of drug-likeness (QED) is 0.274. The van der Waals surface area contributed by atoms with E-state index >= 15 is 0 Å². The van der Waals surface area contributed by atoms with E-state index < -0.39 is 29.4 Å². The number of carbonyl (C=O) groups is 3. The molecule has 1 aromatic carbocycles. The predicted molar refractivity (Wildman–Crippen MR) is 124 cm³/mol. The fourth-order valence-corrected chi connectivity index (χ4v) is 4.22. The lowest BCUT2D eigenvalue weighted by Crippen LogP contribution is -2.46. The van der Waals surface area contributed by atoms with Gasteiger partial charge in [0, 0.05) is 7.11 Å². The Kier molecular flexibility index (Phi) is 12.0. The Morgan fingerprint density at radius 3 is 2.44 bits per heavy atom. The van der Waals surface area contributed by atoms with Gasteiger partial charge in [-0.15, -0.1) is 0 Å². The van der Waals surface area contributed by atoms with Crippen molar-refractivity contribution in [2.45, 2.75) is 51.7 Å². The summed E-state index contributed by atoms with van der Waals surface area (Å²) < 4.78 is 21.3. The molecule has 0 heterocycles. The number of rotatable bonds is 16. The van der Waals surface area contributed by atoms with Crippen LogP contribution in [0.5, 0.6) is 0 Å². The zero-order chi connectivity index (χ0) is 24.8. The largest absolute Gasteiger partial charge is 0.481 e. The van der Waals surface area contributed by atoms with Gasteiger partial charge in [-0.1, -0.05) is 43.2 Å². The average molecular weight is 480 g/mol. The first-order valence-corrected chi connectivity index (χ1v) is 11.8. The number of carbonyl (C=O) groups excluding carboxylic acids is 2. The second-order valence-corrected chi connectivity index (χ2v) is 8.54. The Labute approximate surface area is 201 Å². The number of nitrogens with one attached hydrogen (secondary N) is 1. The van der Waals surface area contributed by atoms with Crippen molar-refractivity contribution in [3.63, 3.8) is 0 Å². The fourth-order valence-electron chi connectivity index (χ4n) is 4.22. The number of hydrogen-bond donors (Lipinski definition) is 2. The first-order chi connectivity index (χ1) is 16.4. The number of aliphatic carboxylic acids is 1. The molecule has 9 nitrogen and oxygen atoms in total. The van der Waals surface area contributed by atoms with Crippen LogP contribution in [0.15, 0.2) is 30.3 Å². The number of amides is 1. The van der Waals surface area contributed by atoms with Crippen LogP contribution in [-0.4, -0.2) is 69.1 Å². The molecule has 0 radical (unpaired) electrons. The number of carboxylic acids is 1. The molecule has 1 amide bonds. The summed E-state index contributed by atoms with van der Waals surface area (Å²) in [6, 6.07) is 9.41. The van der Waals surface area contributed by atoms with Gasteiger partial charge in [-0.25, -0.2) is 4.79 Å². The molecule has 1 aromatic rings. The fraction of sp³-hybridized carbons (Fsp3) is 0.640. The van der Waals surface area contributed by atoms with E-state index in [0.29, 0.717) is 26.1 Å². The van der Waals surface area contributed by atoms with Crippen molar-refractivity contribution in [3.8, 4) is 0 Å². The van der Waals surface area contributed by atoms with Gasteiger partial charge in [0.15, 0.2) is 6.10 Å². The first kappa shape index (κ1) is 27.8. The van der Waals surface area contributed by atoms with Crippen LogP contribution in [-0.2, 0) is 39.9 Å². The molecular weight excluding hydrogens is 442 g/mol.